The van der Waals surface area contributed by atoms with E-state index in [1.54, 1.807) is 7.05 Å². The number of nitrogens with zero attached hydrogens (tertiary/aromatic N) is 2. The van der Waals surface area contributed by atoms with Gasteiger partial charge in [0.2, 0.25) is 5.91 Å². The van der Waals surface area contributed by atoms with Crippen molar-refractivity contribution in [2.75, 3.05) is 46.4 Å². The second-order valence-electron chi connectivity index (χ2n) is 8.18. The van der Waals surface area contributed by atoms with E-state index in [0.29, 0.717) is 12.5 Å². The van der Waals surface area contributed by atoms with Gasteiger partial charge in [-0.2, -0.15) is 0 Å². The molecule has 1 aromatic carbocycles. The predicted octanol–water partition coefficient (Wildman–Crippen LogP) is 1.45. The third-order valence-electron chi connectivity index (χ3n) is 4.53. The second kappa shape index (κ2) is 10.4. The number of aliphatic imine (C=N–C) groups is 1. The fraction of sp³-hybridized carbons (Fsp3) is 0.619. The first kappa shape index (κ1) is 22.2. The van der Waals surface area contributed by atoms with Crippen molar-refractivity contribution < 1.29 is 9.53 Å². The molecule has 0 aromatic heterocycles. The molecule has 0 radical (unpaired) electrons. The number of ether oxygens (including phenoxy) is 1. The number of amides is 1. The lowest BCUT2D eigenvalue weighted by Gasteiger charge is -2.35. The lowest BCUT2D eigenvalue weighted by atomic mass is 10.0. The number of rotatable bonds is 6. The van der Waals surface area contributed by atoms with Gasteiger partial charge in [-0.05, 0) is 33.3 Å². The van der Waals surface area contributed by atoms with Crippen LogP contribution in [0.2, 0.25) is 0 Å². The van der Waals surface area contributed by atoms with Crippen LogP contribution in [-0.2, 0) is 9.53 Å². The second-order valence-corrected chi connectivity index (χ2v) is 8.18. The average Bonchev–Trinajstić information content (AvgIpc) is 2.64. The van der Waals surface area contributed by atoms with Crippen LogP contribution in [0.15, 0.2) is 29.3 Å². The van der Waals surface area contributed by atoms with Crippen LogP contribution in [0.5, 0.6) is 0 Å². The Hall–Kier alpha value is -2.12. The zero-order valence-corrected chi connectivity index (χ0v) is 17.8. The maximum atomic E-state index is 12.0. The molecular weight excluding hydrogens is 354 g/mol. The van der Waals surface area contributed by atoms with E-state index in [1.165, 1.54) is 11.1 Å². The van der Waals surface area contributed by atoms with Gasteiger partial charge in [0.15, 0.2) is 5.96 Å². The molecule has 0 aliphatic carbocycles. The van der Waals surface area contributed by atoms with Crippen molar-refractivity contribution in [1.29, 1.82) is 0 Å². The quantitative estimate of drug-likeness (QED) is 0.507. The van der Waals surface area contributed by atoms with E-state index in [0.717, 1.165) is 26.3 Å². The normalized spacial score (nSPS) is 17.1. The molecule has 1 aliphatic heterocycles. The van der Waals surface area contributed by atoms with E-state index in [9.17, 15) is 4.79 Å². The zero-order valence-electron chi connectivity index (χ0n) is 17.8. The molecule has 1 aromatic rings. The lowest BCUT2D eigenvalue weighted by Crippen LogP contribution is -2.50. The summed E-state index contributed by atoms with van der Waals surface area (Å²) in [7, 11) is 1.72. The number of hydrogen-bond acceptors (Lipinski definition) is 4. The number of nitrogens with one attached hydrogen (secondary N) is 3. The molecular formula is C21H35N5O2. The van der Waals surface area contributed by atoms with Gasteiger partial charge in [-0.25, -0.2) is 0 Å². The minimum Gasteiger partial charge on any atom is -0.379 e. The Bertz CT molecular complexity index is 663. The Labute approximate surface area is 168 Å². The molecule has 2 rings (SSSR count). The summed E-state index contributed by atoms with van der Waals surface area (Å²) in [6.45, 7) is 12.2. The molecule has 28 heavy (non-hydrogen) atoms. The standard InChI is InChI=1S/C21H35N5O2/c1-16-7-6-8-17(13-16)18(26-9-11-28-12-10-26)14-23-20(22-5)24-15-19(27)25-21(2,3)4/h6-8,13,18H,9-12,14-15H2,1-5H3,(H,25,27)(H2,22,23,24). The largest absolute Gasteiger partial charge is 0.379 e. The Morgan fingerprint density at radius 3 is 2.57 bits per heavy atom. The molecule has 1 unspecified atom stereocenters. The zero-order chi connectivity index (χ0) is 20.6. The first-order valence-electron chi connectivity index (χ1n) is 9.92. The highest BCUT2D eigenvalue weighted by Crippen LogP contribution is 2.22. The van der Waals surface area contributed by atoms with Crippen LogP contribution < -0.4 is 16.0 Å². The monoisotopic (exact) mass is 389 g/mol. The van der Waals surface area contributed by atoms with E-state index in [-0.39, 0.29) is 24.0 Å². The van der Waals surface area contributed by atoms with Crippen molar-refractivity contribution in [1.82, 2.24) is 20.9 Å². The third kappa shape index (κ3) is 7.48. The number of hydrogen-bond donors (Lipinski definition) is 3. The van der Waals surface area contributed by atoms with Gasteiger partial charge < -0.3 is 20.7 Å². The van der Waals surface area contributed by atoms with Gasteiger partial charge in [0.05, 0.1) is 25.8 Å². The van der Waals surface area contributed by atoms with E-state index in [2.05, 4.69) is 57.0 Å². The van der Waals surface area contributed by atoms with Gasteiger partial charge in [-0.3, -0.25) is 14.7 Å². The Morgan fingerprint density at radius 2 is 1.96 bits per heavy atom. The highest BCUT2D eigenvalue weighted by Gasteiger charge is 2.23. The SMILES string of the molecule is CN=C(NCC(=O)NC(C)(C)C)NCC(c1cccc(C)c1)N1CCOCC1. The molecule has 1 heterocycles. The summed E-state index contributed by atoms with van der Waals surface area (Å²) in [5.41, 5.74) is 2.27. The molecule has 3 N–H and O–H groups in total. The molecule has 1 fully saturated rings. The van der Waals surface area contributed by atoms with Crippen LogP contribution in [0.4, 0.5) is 0 Å². The molecule has 0 bridgehead atoms. The van der Waals surface area contributed by atoms with Gasteiger partial charge in [0, 0.05) is 32.2 Å². The lowest BCUT2D eigenvalue weighted by molar-refractivity contribution is -0.121. The number of guanidine groups is 1. The Kier molecular flexibility index (Phi) is 8.26. The molecule has 0 saturated carbocycles. The van der Waals surface area contributed by atoms with Crippen molar-refractivity contribution in [3.63, 3.8) is 0 Å². The van der Waals surface area contributed by atoms with Crippen molar-refractivity contribution in [2.24, 2.45) is 4.99 Å². The van der Waals surface area contributed by atoms with Crippen LogP contribution in [0, 0.1) is 6.92 Å². The topological polar surface area (TPSA) is 78.0 Å². The molecule has 1 atom stereocenters. The number of carbonyl (C=O) groups excluding carboxylic acids is 1. The summed E-state index contributed by atoms with van der Waals surface area (Å²) >= 11 is 0. The summed E-state index contributed by atoms with van der Waals surface area (Å²) in [5, 5.41) is 9.42. The van der Waals surface area contributed by atoms with Gasteiger partial charge in [0.25, 0.3) is 0 Å². The molecule has 156 valence electrons. The molecule has 1 amide bonds. The minimum atomic E-state index is -0.248. The fourth-order valence-electron chi connectivity index (χ4n) is 3.26. The van der Waals surface area contributed by atoms with Crippen LogP contribution in [0.3, 0.4) is 0 Å². The summed E-state index contributed by atoms with van der Waals surface area (Å²) in [5.74, 6) is 0.564. The highest BCUT2D eigenvalue weighted by atomic mass is 16.5. The van der Waals surface area contributed by atoms with E-state index >= 15 is 0 Å². The smallest absolute Gasteiger partial charge is 0.239 e. The molecule has 1 saturated heterocycles. The molecule has 1 aliphatic rings. The van der Waals surface area contributed by atoms with Crippen molar-refractivity contribution in [3.8, 4) is 0 Å². The summed E-state index contributed by atoms with van der Waals surface area (Å²) < 4.78 is 5.52. The predicted molar refractivity (Wildman–Crippen MR) is 114 cm³/mol. The number of morpholine rings is 1. The Balaban J connectivity index is 1.98. The summed E-state index contributed by atoms with van der Waals surface area (Å²) in [4.78, 5) is 18.7. The van der Waals surface area contributed by atoms with Crippen LogP contribution in [0.25, 0.3) is 0 Å². The van der Waals surface area contributed by atoms with E-state index in [1.807, 2.05) is 20.8 Å². The third-order valence-corrected chi connectivity index (χ3v) is 4.53. The maximum absolute atomic E-state index is 12.0. The van der Waals surface area contributed by atoms with E-state index in [4.69, 9.17) is 4.74 Å². The fourth-order valence-corrected chi connectivity index (χ4v) is 3.26. The van der Waals surface area contributed by atoms with Crippen molar-refractivity contribution >= 4 is 11.9 Å². The van der Waals surface area contributed by atoms with E-state index < -0.39 is 0 Å². The molecule has 7 nitrogen and oxygen atoms in total. The number of aryl methyl sites for hydroxylation is 1. The average molecular weight is 390 g/mol. The van der Waals surface area contributed by atoms with Gasteiger partial charge in [0.1, 0.15) is 0 Å². The summed E-state index contributed by atoms with van der Waals surface area (Å²) in [6.07, 6.45) is 0. The van der Waals surface area contributed by atoms with Gasteiger partial charge in [-0.15, -0.1) is 0 Å². The molecule has 0 spiro atoms. The van der Waals surface area contributed by atoms with Crippen LogP contribution >= 0.6 is 0 Å². The van der Waals surface area contributed by atoms with Crippen molar-refractivity contribution in [3.05, 3.63) is 35.4 Å². The Morgan fingerprint density at radius 1 is 1.25 bits per heavy atom. The van der Waals surface area contributed by atoms with Crippen LogP contribution in [-0.4, -0.2) is 68.7 Å². The minimum absolute atomic E-state index is 0.0566. The summed E-state index contributed by atoms with van der Waals surface area (Å²) in [6, 6.07) is 8.82. The van der Waals surface area contributed by atoms with Crippen LogP contribution in [0.1, 0.15) is 37.9 Å². The van der Waals surface area contributed by atoms with Gasteiger partial charge >= 0.3 is 0 Å². The van der Waals surface area contributed by atoms with Crippen molar-refractivity contribution in [2.45, 2.75) is 39.3 Å². The maximum Gasteiger partial charge on any atom is 0.239 e. The highest BCUT2D eigenvalue weighted by molar-refractivity contribution is 5.86. The first-order valence-corrected chi connectivity index (χ1v) is 9.92. The number of benzene rings is 1. The molecule has 7 heteroatoms. The number of carbonyl (C=O) groups is 1. The first-order chi connectivity index (χ1) is 13.3. The van der Waals surface area contributed by atoms with Gasteiger partial charge in [-0.1, -0.05) is 29.8 Å².